The maximum atomic E-state index is 13.1. The number of imidazole rings is 1. The number of pyridine rings is 1. The summed E-state index contributed by atoms with van der Waals surface area (Å²) >= 11 is 0. The summed E-state index contributed by atoms with van der Waals surface area (Å²) in [7, 11) is 0. The molecule has 0 spiro atoms. The number of benzene rings is 1. The van der Waals surface area contributed by atoms with Crippen molar-refractivity contribution >= 4 is 16.4 Å². The SMILES string of the molecule is O=c1c2c(C3CCOC3)cccc2cnn1CCc1cn2ccccc2n1. The highest BCUT2D eigenvalue weighted by molar-refractivity contribution is 5.84. The van der Waals surface area contributed by atoms with E-state index < -0.39 is 0 Å². The first-order valence-corrected chi connectivity index (χ1v) is 9.29. The van der Waals surface area contributed by atoms with E-state index in [0.717, 1.165) is 40.7 Å². The predicted octanol–water partition coefficient (Wildman–Crippen LogP) is 2.79. The van der Waals surface area contributed by atoms with Gasteiger partial charge in [-0.3, -0.25) is 4.79 Å². The van der Waals surface area contributed by atoms with Gasteiger partial charge in [0, 0.05) is 36.7 Å². The Kier molecular flexibility index (Phi) is 3.98. The van der Waals surface area contributed by atoms with Crippen molar-refractivity contribution in [3.63, 3.8) is 0 Å². The minimum Gasteiger partial charge on any atom is -0.381 e. The lowest BCUT2D eigenvalue weighted by atomic mass is 9.94. The summed E-state index contributed by atoms with van der Waals surface area (Å²) in [6.45, 7) is 1.95. The topological polar surface area (TPSA) is 61.4 Å². The third-order valence-corrected chi connectivity index (χ3v) is 5.28. The third-order valence-electron chi connectivity index (χ3n) is 5.28. The van der Waals surface area contributed by atoms with E-state index in [9.17, 15) is 4.79 Å². The largest absolute Gasteiger partial charge is 0.381 e. The van der Waals surface area contributed by atoms with E-state index in [1.807, 2.05) is 47.1 Å². The Hall–Kier alpha value is -2.99. The average molecular weight is 360 g/mol. The Bertz CT molecular complexity index is 1140. The minimum atomic E-state index is -0.0289. The Morgan fingerprint density at radius 3 is 3.00 bits per heavy atom. The van der Waals surface area contributed by atoms with Crippen LogP contribution in [0.1, 0.15) is 23.6 Å². The van der Waals surface area contributed by atoms with Crippen molar-refractivity contribution in [2.45, 2.75) is 25.3 Å². The number of aromatic nitrogens is 4. The van der Waals surface area contributed by atoms with Crippen LogP contribution in [-0.4, -0.2) is 32.4 Å². The van der Waals surface area contributed by atoms with Crippen molar-refractivity contribution in [1.29, 1.82) is 0 Å². The molecule has 1 atom stereocenters. The summed E-state index contributed by atoms with van der Waals surface area (Å²) in [5, 5.41) is 6.05. The first kappa shape index (κ1) is 16.2. The van der Waals surface area contributed by atoms with Gasteiger partial charge in [-0.25, -0.2) is 9.67 Å². The van der Waals surface area contributed by atoms with Crippen molar-refractivity contribution < 1.29 is 4.74 Å². The quantitative estimate of drug-likeness (QED) is 0.561. The number of nitrogens with zero attached hydrogens (tertiary/aromatic N) is 4. The first-order valence-electron chi connectivity index (χ1n) is 9.29. The summed E-state index contributed by atoms with van der Waals surface area (Å²) in [6.07, 6.45) is 7.39. The van der Waals surface area contributed by atoms with Crippen LogP contribution in [0.4, 0.5) is 0 Å². The maximum absolute atomic E-state index is 13.1. The molecular weight excluding hydrogens is 340 g/mol. The number of rotatable bonds is 4. The molecule has 0 N–H and O–H groups in total. The van der Waals surface area contributed by atoms with Crippen LogP contribution in [0.3, 0.4) is 0 Å². The standard InChI is InChI=1S/C21H20N4O2/c26-21-20-15(4-3-5-18(20)16-8-11-27-14-16)12-22-25(21)10-7-17-13-24-9-2-1-6-19(24)23-17/h1-6,9,12-13,16H,7-8,10-11,14H2. The number of ether oxygens (including phenoxy) is 1. The molecule has 1 aliphatic rings. The number of hydrogen-bond acceptors (Lipinski definition) is 4. The lowest BCUT2D eigenvalue weighted by Gasteiger charge is -2.12. The summed E-state index contributed by atoms with van der Waals surface area (Å²) in [6, 6.07) is 11.9. The van der Waals surface area contributed by atoms with Gasteiger partial charge in [-0.05, 0) is 24.1 Å². The smallest absolute Gasteiger partial charge is 0.274 e. The van der Waals surface area contributed by atoms with Gasteiger partial charge in [0.1, 0.15) is 5.65 Å². The molecule has 1 fully saturated rings. The maximum Gasteiger partial charge on any atom is 0.274 e. The van der Waals surface area contributed by atoms with Crippen LogP contribution in [0.25, 0.3) is 16.4 Å². The molecule has 6 nitrogen and oxygen atoms in total. The van der Waals surface area contributed by atoms with Crippen LogP contribution >= 0.6 is 0 Å². The predicted molar refractivity (Wildman–Crippen MR) is 103 cm³/mol. The first-order chi connectivity index (χ1) is 13.3. The number of fused-ring (bicyclic) bond motifs is 2. The molecule has 4 heterocycles. The Labute approximate surface area is 156 Å². The summed E-state index contributed by atoms with van der Waals surface area (Å²) in [5.74, 6) is 0.288. The van der Waals surface area contributed by atoms with Gasteiger partial charge in [0.2, 0.25) is 0 Å². The Balaban J connectivity index is 1.48. The molecule has 0 bridgehead atoms. The Morgan fingerprint density at radius 1 is 1.19 bits per heavy atom. The van der Waals surface area contributed by atoms with Crippen molar-refractivity contribution in [1.82, 2.24) is 19.2 Å². The van der Waals surface area contributed by atoms with Crippen LogP contribution in [0.5, 0.6) is 0 Å². The monoisotopic (exact) mass is 360 g/mol. The van der Waals surface area contributed by atoms with Gasteiger partial charge in [-0.2, -0.15) is 5.10 Å². The normalized spacial score (nSPS) is 17.1. The molecule has 27 heavy (non-hydrogen) atoms. The van der Waals surface area contributed by atoms with Gasteiger partial charge < -0.3 is 9.14 Å². The number of aryl methyl sites for hydroxylation is 2. The minimum absolute atomic E-state index is 0.0289. The molecule has 0 radical (unpaired) electrons. The highest BCUT2D eigenvalue weighted by atomic mass is 16.5. The molecule has 5 rings (SSSR count). The fourth-order valence-electron chi connectivity index (χ4n) is 3.86. The second kappa shape index (κ2) is 6.63. The average Bonchev–Trinajstić information content (AvgIpc) is 3.36. The molecule has 1 saturated heterocycles. The van der Waals surface area contributed by atoms with Crippen molar-refractivity contribution in [2.24, 2.45) is 0 Å². The molecule has 1 unspecified atom stereocenters. The zero-order valence-corrected chi connectivity index (χ0v) is 14.9. The van der Waals surface area contributed by atoms with E-state index in [2.05, 4.69) is 16.1 Å². The molecule has 6 heteroatoms. The van der Waals surface area contributed by atoms with E-state index in [-0.39, 0.29) is 11.5 Å². The van der Waals surface area contributed by atoms with Gasteiger partial charge in [0.05, 0.1) is 30.4 Å². The second-order valence-corrected chi connectivity index (χ2v) is 6.99. The van der Waals surface area contributed by atoms with Crippen LogP contribution in [0.2, 0.25) is 0 Å². The lowest BCUT2D eigenvalue weighted by molar-refractivity contribution is 0.194. The van der Waals surface area contributed by atoms with Crippen molar-refractivity contribution in [3.05, 3.63) is 76.6 Å². The van der Waals surface area contributed by atoms with Crippen molar-refractivity contribution in [3.8, 4) is 0 Å². The lowest BCUT2D eigenvalue weighted by Crippen LogP contribution is -2.25. The zero-order valence-electron chi connectivity index (χ0n) is 14.9. The number of hydrogen-bond donors (Lipinski definition) is 0. The summed E-state index contributed by atoms with van der Waals surface area (Å²) in [5.41, 5.74) is 2.92. The van der Waals surface area contributed by atoms with Crippen LogP contribution in [-0.2, 0) is 17.7 Å². The molecule has 0 saturated carbocycles. The molecular formula is C21H20N4O2. The third kappa shape index (κ3) is 2.92. The molecule has 0 aliphatic carbocycles. The fraction of sp³-hybridized carbons (Fsp3) is 0.286. The van der Waals surface area contributed by atoms with E-state index in [1.165, 1.54) is 0 Å². The van der Waals surface area contributed by atoms with Gasteiger partial charge in [-0.1, -0.05) is 24.3 Å². The van der Waals surface area contributed by atoms with Gasteiger partial charge in [-0.15, -0.1) is 0 Å². The second-order valence-electron chi connectivity index (χ2n) is 6.99. The van der Waals surface area contributed by atoms with Gasteiger partial charge >= 0.3 is 0 Å². The van der Waals surface area contributed by atoms with Crippen LogP contribution < -0.4 is 5.56 Å². The molecule has 3 aromatic heterocycles. The molecule has 1 aromatic carbocycles. The summed E-state index contributed by atoms with van der Waals surface area (Å²) < 4.78 is 9.08. The highest BCUT2D eigenvalue weighted by Crippen LogP contribution is 2.29. The van der Waals surface area contributed by atoms with E-state index in [0.29, 0.717) is 19.6 Å². The van der Waals surface area contributed by atoms with Crippen LogP contribution in [0, 0.1) is 0 Å². The zero-order chi connectivity index (χ0) is 18.2. The van der Waals surface area contributed by atoms with E-state index in [1.54, 1.807) is 10.9 Å². The summed E-state index contributed by atoms with van der Waals surface area (Å²) in [4.78, 5) is 17.7. The molecule has 4 aromatic rings. The molecule has 1 aliphatic heterocycles. The van der Waals surface area contributed by atoms with E-state index in [4.69, 9.17) is 4.74 Å². The molecule has 136 valence electrons. The van der Waals surface area contributed by atoms with Crippen molar-refractivity contribution in [2.75, 3.05) is 13.2 Å². The van der Waals surface area contributed by atoms with E-state index >= 15 is 0 Å². The Morgan fingerprint density at radius 2 is 2.15 bits per heavy atom. The molecule has 0 amide bonds. The van der Waals surface area contributed by atoms with Crippen LogP contribution in [0.15, 0.2) is 59.8 Å². The van der Waals surface area contributed by atoms with Gasteiger partial charge in [0.25, 0.3) is 5.56 Å². The van der Waals surface area contributed by atoms with Gasteiger partial charge in [0.15, 0.2) is 0 Å². The highest BCUT2D eigenvalue weighted by Gasteiger charge is 2.21. The fourth-order valence-corrected chi connectivity index (χ4v) is 3.86.